The third-order valence-corrected chi connectivity index (χ3v) is 4.63. The predicted molar refractivity (Wildman–Crippen MR) is 81.2 cm³/mol. The fourth-order valence-electron chi connectivity index (χ4n) is 1.46. The average Bonchev–Trinajstić information content (AvgIpc) is 2.32. The summed E-state index contributed by atoms with van der Waals surface area (Å²) in [6, 6.07) is 7.92. The lowest BCUT2D eigenvalue weighted by atomic mass is 10.2. The molecule has 19 heavy (non-hydrogen) atoms. The summed E-state index contributed by atoms with van der Waals surface area (Å²) in [6.45, 7) is 0. The van der Waals surface area contributed by atoms with Crippen LogP contribution in [0.4, 0.5) is 14.5 Å². The molecule has 0 unspecified atom stereocenters. The van der Waals surface area contributed by atoms with E-state index < -0.39 is 17.5 Å². The molecule has 0 aromatic heterocycles. The van der Waals surface area contributed by atoms with Gasteiger partial charge < -0.3 is 5.32 Å². The predicted octanol–water partition coefficient (Wildman–Crippen LogP) is 4.58. The third-order valence-electron chi connectivity index (χ3n) is 2.30. The van der Waals surface area contributed by atoms with Gasteiger partial charge in [0, 0.05) is 25.4 Å². The van der Waals surface area contributed by atoms with Crippen molar-refractivity contribution in [2.24, 2.45) is 0 Å². The fourth-order valence-corrected chi connectivity index (χ4v) is 2.22. The molecule has 2 rings (SSSR count). The molecule has 2 aromatic carbocycles. The summed E-state index contributed by atoms with van der Waals surface area (Å²) < 4.78 is 27.9. The first-order valence-electron chi connectivity index (χ1n) is 5.18. The van der Waals surface area contributed by atoms with Crippen molar-refractivity contribution in [2.75, 3.05) is 5.32 Å². The molecule has 6 heteroatoms. The topological polar surface area (TPSA) is 29.1 Å². The van der Waals surface area contributed by atoms with Crippen molar-refractivity contribution in [1.29, 1.82) is 0 Å². The Hall–Kier alpha value is -1.02. The van der Waals surface area contributed by atoms with E-state index in [4.69, 9.17) is 0 Å². The maximum Gasteiger partial charge on any atom is 0.255 e. The molecule has 0 radical (unpaired) electrons. The first kappa shape index (κ1) is 14.4. The second-order valence-electron chi connectivity index (χ2n) is 3.74. The number of nitrogens with one attached hydrogen (secondary N) is 1. The molecule has 0 fully saturated rings. The molecule has 2 nitrogen and oxygen atoms in total. The minimum atomic E-state index is -0.782. The summed E-state index contributed by atoms with van der Waals surface area (Å²) in [7, 11) is 0. The van der Waals surface area contributed by atoms with Crippen LogP contribution in [0.3, 0.4) is 0 Å². The Morgan fingerprint density at radius 2 is 1.74 bits per heavy atom. The smallest absolute Gasteiger partial charge is 0.255 e. The van der Waals surface area contributed by atoms with E-state index in [-0.39, 0.29) is 5.56 Å². The molecule has 0 aliphatic heterocycles. The molecule has 1 amide bonds. The second kappa shape index (κ2) is 5.96. The molecule has 1 N–H and O–H groups in total. The van der Waals surface area contributed by atoms with E-state index in [2.05, 4.69) is 43.8 Å². The van der Waals surface area contributed by atoms with Crippen LogP contribution in [0.2, 0.25) is 0 Å². The molecule has 0 aliphatic carbocycles. The monoisotopic (exact) mass is 437 g/mol. The van der Waals surface area contributed by atoms with Gasteiger partial charge >= 0.3 is 0 Å². The van der Waals surface area contributed by atoms with Gasteiger partial charge in [-0.1, -0.05) is 0 Å². The maximum absolute atomic E-state index is 13.0. The molecule has 0 heterocycles. The molecule has 0 bridgehead atoms. The van der Waals surface area contributed by atoms with Crippen LogP contribution in [0, 0.1) is 15.2 Å². The highest BCUT2D eigenvalue weighted by molar-refractivity contribution is 14.1. The van der Waals surface area contributed by atoms with Crippen molar-refractivity contribution in [1.82, 2.24) is 0 Å². The first-order valence-corrected chi connectivity index (χ1v) is 7.05. The van der Waals surface area contributed by atoms with Crippen LogP contribution in [0.15, 0.2) is 40.9 Å². The van der Waals surface area contributed by atoms with Crippen LogP contribution in [0.25, 0.3) is 0 Å². The van der Waals surface area contributed by atoms with Crippen LogP contribution in [0.5, 0.6) is 0 Å². The Balaban J connectivity index is 2.22. The van der Waals surface area contributed by atoms with Gasteiger partial charge in [0.05, 0.1) is 0 Å². The summed E-state index contributed by atoms with van der Waals surface area (Å²) >= 11 is 5.44. The van der Waals surface area contributed by atoms with Crippen LogP contribution in [-0.2, 0) is 0 Å². The number of hydrogen-bond acceptors (Lipinski definition) is 1. The lowest BCUT2D eigenvalue weighted by Gasteiger charge is -2.07. The minimum Gasteiger partial charge on any atom is -0.322 e. The van der Waals surface area contributed by atoms with E-state index >= 15 is 0 Å². The number of carbonyl (C=O) groups excluding carboxylic acids is 1. The van der Waals surface area contributed by atoms with Crippen LogP contribution in [-0.4, -0.2) is 5.91 Å². The Kier molecular flexibility index (Phi) is 4.51. The summed E-state index contributed by atoms with van der Waals surface area (Å²) in [4.78, 5) is 11.9. The number of rotatable bonds is 2. The van der Waals surface area contributed by atoms with Gasteiger partial charge in [-0.15, -0.1) is 0 Å². The van der Waals surface area contributed by atoms with Crippen LogP contribution < -0.4 is 5.32 Å². The largest absolute Gasteiger partial charge is 0.322 e. The number of amides is 1. The summed E-state index contributed by atoms with van der Waals surface area (Å²) in [5.74, 6) is -2.12. The van der Waals surface area contributed by atoms with Crippen molar-refractivity contribution in [3.63, 3.8) is 0 Å². The number of anilines is 1. The zero-order chi connectivity index (χ0) is 14.0. The van der Waals surface area contributed by atoms with Gasteiger partial charge in [-0.2, -0.15) is 0 Å². The highest BCUT2D eigenvalue weighted by Gasteiger charge is 2.10. The van der Waals surface area contributed by atoms with Gasteiger partial charge in [-0.25, -0.2) is 8.78 Å². The molecular formula is C13H7BrF2INO. The van der Waals surface area contributed by atoms with Crippen molar-refractivity contribution in [2.45, 2.75) is 0 Å². The van der Waals surface area contributed by atoms with Gasteiger partial charge in [-0.05, 0) is 68.9 Å². The highest BCUT2D eigenvalue weighted by Crippen LogP contribution is 2.23. The third kappa shape index (κ3) is 3.73. The van der Waals surface area contributed by atoms with Crippen molar-refractivity contribution < 1.29 is 13.6 Å². The average molecular weight is 438 g/mol. The minimum absolute atomic E-state index is 0.0598. The van der Waals surface area contributed by atoms with E-state index in [1.54, 1.807) is 18.2 Å². The van der Waals surface area contributed by atoms with Crippen molar-refractivity contribution in [3.05, 3.63) is 61.6 Å². The Morgan fingerprint density at radius 3 is 2.32 bits per heavy atom. The molecule has 98 valence electrons. The highest BCUT2D eigenvalue weighted by atomic mass is 127. The lowest BCUT2D eigenvalue weighted by Crippen LogP contribution is -2.12. The second-order valence-corrected chi connectivity index (χ2v) is 5.76. The summed E-state index contributed by atoms with van der Waals surface area (Å²) in [5, 5.41) is 2.58. The van der Waals surface area contributed by atoms with Crippen LogP contribution in [0.1, 0.15) is 10.4 Å². The summed E-state index contributed by atoms with van der Waals surface area (Å²) in [5.41, 5.74) is 0.498. The SMILES string of the molecule is O=C(Nc1ccc(Br)c(I)c1)c1cc(F)cc(F)c1. The van der Waals surface area contributed by atoms with E-state index in [9.17, 15) is 13.6 Å². The molecular weight excluding hydrogens is 431 g/mol. The molecule has 0 saturated heterocycles. The molecule has 0 aliphatic rings. The number of hydrogen-bond donors (Lipinski definition) is 1. The standard InChI is InChI=1S/C13H7BrF2INO/c14-11-2-1-10(6-12(11)17)18-13(19)7-3-8(15)5-9(16)4-7/h1-6H,(H,18,19). The van der Waals surface area contributed by atoms with Crippen LogP contribution >= 0.6 is 38.5 Å². The van der Waals surface area contributed by atoms with E-state index in [1.165, 1.54) is 0 Å². The first-order chi connectivity index (χ1) is 8.95. The Morgan fingerprint density at radius 1 is 1.11 bits per heavy atom. The molecule has 0 saturated carbocycles. The summed E-state index contributed by atoms with van der Waals surface area (Å²) in [6.07, 6.45) is 0. The lowest BCUT2D eigenvalue weighted by molar-refractivity contribution is 0.102. The van der Waals surface area contributed by atoms with Gasteiger partial charge in [0.2, 0.25) is 0 Å². The quantitative estimate of drug-likeness (QED) is 0.684. The van der Waals surface area contributed by atoms with Gasteiger partial charge in [0.1, 0.15) is 11.6 Å². The molecule has 0 atom stereocenters. The number of benzene rings is 2. The van der Waals surface area contributed by atoms with Crippen molar-refractivity contribution >= 4 is 50.1 Å². The fraction of sp³-hybridized carbons (Fsp3) is 0. The normalized spacial score (nSPS) is 10.3. The van der Waals surface area contributed by atoms with E-state index in [1.807, 2.05) is 0 Å². The maximum atomic E-state index is 13.0. The van der Waals surface area contributed by atoms with E-state index in [0.717, 1.165) is 26.2 Å². The number of halogens is 4. The van der Waals surface area contributed by atoms with Gasteiger partial charge in [-0.3, -0.25) is 4.79 Å². The zero-order valence-electron chi connectivity index (χ0n) is 9.38. The Bertz CT molecular complexity index is 628. The van der Waals surface area contributed by atoms with Crippen molar-refractivity contribution in [3.8, 4) is 0 Å². The zero-order valence-corrected chi connectivity index (χ0v) is 13.1. The number of carbonyl (C=O) groups is 1. The van der Waals surface area contributed by atoms with E-state index in [0.29, 0.717) is 5.69 Å². The van der Waals surface area contributed by atoms with Gasteiger partial charge in [0.15, 0.2) is 0 Å². The molecule has 2 aromatic rings. The molecule has 0 spiro atoms. The van der Waals surface area contributed by atoms with Gasteiger partial charge in [0.25, 0.3) is 5.91 Å². The Labute approximate surface area is 130 Å².